The van der Waals surface area contributed by atoms with Gasteiger partial charge in [0.25, 0.3) is 0 Å². The van der Waals surface area contributed by atoms with E-state index in [0.717, 1.165) is 13.1 Å². The van der Waals surface area contributed by atoms with Crippen molar-refractivity contribution >= 4 is 11.7 Å². The molecule has 18 heavy (non-hydrogen) atoms. The summed E-state index contributed by atoms with van der Waals surface area (Å²) in [5.74, 6) is -0.323. The Morgan fingerprint density at radius 1 is 1.28 bits per heavy atom. The maximum Gasteiger partial charge on any atom is 0.338 e. The molecule has 5 nitrogen and oxygen atoms in total. The Labute approximate surface area is 108 Å². The van der Waals surface area contributed by atoms with Crippen LogP contribution in [0.15, 0.2) is 24.3 Å². The van der Waals surface area contributed by atoms with Crippen molar-refractivity contribution in [3.8, 4) is 0 Å². The molecule has 0 saturated heterocycles. The molecule has 3 N–H and O–H groups in total. The van der Waals surface area contributed by atoms with E-state index in [1.807, 2.05) is 0 Å². The number of hydrazine groups is 1. The summed E-state index contributed by atoms with van der Waals surface area (Å²) < 4.78 is 5.14. The smallest absolute Gasteiger partial charge is 0.338 e. The Morgan fingerprint density at radius 3 is 2.44 bits per heavy atom. The van der Waals surface area contributed by atoms with E-state index in [2.05, 4.69) is 24.3 Å². The highest BCUT2D eigenvalue weighted by Crippen LogP contribution is 2.06. The topological polar surface area (TPSA) is 67.6 Å². The van der Waals surface area contributed by atoms with E-state index in [4.69, 9.17) is 10.5 Å². The number of rotatable bonds is 7. The summed E-state index contributed by atoms with van der Waals surface area (Å²) in [6.07, 6.45) is 0. The fourth-order valence-corrected chi connectivity index (χ4v) is 1.50. The van der Waals surface area contributed by atoms with Crippen LogP contribution in [0.1, 0.15) is 24.2 Å². The molecule has 1 aromatic rings. The lowest BCUT2D eigenvalue weighted by Gasteiger charge is -2.19. The molecule has 0 bridgehead atoms. The fourth-order valence-electron chi connectivity index (χ4n) is 1.50. The molecular formula is C13H21N3O2. The summed E-state index contributed by atoms with van der Waals surface area (Å²) in [6, 6.07) is 6.69. The van der Waals surface area contributed by atoms with Crippen molar-refractivity contribution in [3.63, 3.8) is 0 Å². The molecule has 1 rings (SSSR count). The lowest BCUT2D eigenvalue weighted by atomic mass is 10.2. The van der Waals surface area contributed by atoms with Crippen molar-refractivity contribution in [2.45, 2.75) is 13.8 Å². The van der Waals surface area contributed by atoms with Gasteiger partial charge < -0.3 is 10.5 Å². The number of hydrogen-bond acceptors (Lipinski definition) is 5. The van der Waals surface area contributed by atoms with E-state index in [-0.39, 0.29) is 5.97 Å². The second kappa shape index (κ2) is 7.68. The second-order valence-electron chi connectivity index (χ2n) is 3.84. The van der Waals surface area contributed by atoms with Crippen LogP contribution >= 0.6 is 0 Å². The van der Waals surface area contributed by atoms with Crippen molar-refractivity contribution in [3.05, 3.63) is 29.8 Å². The number of benzene rings is 1. The van der Waals surface area contributed by atoms with E-state index in [0.29, 0.717) is 24.4 Å². The summed E-state index contributed by atoms with van der Waals surface area (Å²) in [5, 5.41) is 2.05. The minimum Gasteiger partial charge on any atom is -0.461 e. The number of nitrogens with zero attached hydrogens (tertiary/aromatic N) is 1. The largest absolute Gasteiger partial charge is 0.461 e. The van der Waals surface area contributed by atoms with Crippen LogP contribution in [0, 0.1) is 0 Å². The average Bonchev–Trinajstić information content (AvgIpc) is 2.39. The fraction of sp³-hybridized carbons (Fsp3) is 0.462. The van der Waals surface area contributed by atoms with Crippen LogP contribution in [0.5, 0.6) is 0 Å². The molecular weight excluding hydrogens is 230 g/mol. The number of carbonyl (C=O) groups excluding carboxylic acids is 1. The third kappa shape index (κ3) is 4.73. The third-order valence-corrected chi connectivity index (χ3v) is 2.58. The number of esters is 1. The van der Waals surface area contributed by atoms with Gasteiger partial charge in [0.15, 0.2) is 0 Å². The van der Waals surface area contributed by atoms with Crippen LogP contribution in [-0.2, 0) is 4.74 Å². The van der Waals surface area contributed by atoms with Crippen LogP contribution in [0.3, 0.4) is 0 Å². The van der Waals surface area contributed by atoms with Gasteiger partial charge >= 0.3 is 5.97 Å². The molecule has 0 amide bonds. The van der Waals surface area contributed by atoms with Crippen LogP contribution in [-0.4, -0.2) is 37.2 Å². The predicted octanol–water partition coefficient (Wildman–Crippen LogP) is 1.27. The van der Waals surface area contributed by atoms with Crippen molar-refractivity contribution in [2.24, 2.45) is 0 Å². The Balaban J connectivity index is 2.27. The molecule has 0 spiro atoms. The number of nitrogens with one attached hydrogen (secondary N) is 1. The predicted molar refractivity (Wildman–Crippen MR) is 72.1 cm³/mol. The number of ether oxygens (including phenoxy) is 1. The highest BCUT2D eigenvalue weighted by atomic mass is 16.5. The summed E-state index contributed by atoms with van der Waals surface area (Å²) in [6.45, 7) is 6.93. The van der Waals surface area contributed by atoms with E-state index in [1.54, 1.807) is 24.3 Å². The van der Waals surface area contributed by atoms with Gasteiger partial charge in [-0.05, 0) is 24.3 Å². The SMILES string of the molecule is CCN(CC)NCCOC(=O)c1ccc(N)cc1. The molecule has 0 heterocycles. The zero-order valence-electron chi connectivity index (χ0n) is 11.0. The van der Waals surface area contributed by atoms with Gasteiger partial charge in [-0.1, -0.05) is 13.8 Å². The number of anilines is 1. The highest BCUT2D eigenvalue weighted by molar-refractivity contribution is 5.89. The number of hydrogen-bond donors (Lipinski definition) is 2. The van der Waals surface area contributed by atoms with Gasteiger partial charge in [-0.15, -0.1) is 0 Å². The minimum absolute atomic E-state index is 0.323. The first-order valence-electron chi connectivity index (χ1n) is 6.18. The molecule has 0 aliphatic heterocycles. The monoisotopic (exact) mass is 251 g/mol. The molecule has 100 valence electrons. The molecule has 0 fully saturated rings. The molecule has 0 aromatic heterocycles. The van der Waals surface area contributed by atoms with Crippen molar-refractivity contribution in [1.82, 2.24) is 10.4 Å². The van der Waals surface area contributed by atoms with Gasteiger partial charge in [0.1, 0.15) is 6.61 Å². The van der Waals surface area contributed by atoms with Gasteiger partial charge in [0.2, 0.25) is 0 Å². The molecule has 5 heteroatoms. The van der Waals surface area contributed by atoms with Gasteiger partial charge in [-0.3, -0.25) is 5.43 Å². The van der Waals surface area contributed by atoms with Crippen LogP contribution < -0.4 is 11.2 Å². The summed E-state index contributed by atoms with van der Waals surface area (Å²) >= 11 is 0. The molecule has 0 atom stereocenters. The Morgan fingerprint density at radius 2 is 1.89 bits per heavy atom. The Kier molecular flexibility index (Phi) is 6.18. The van der Waals surface area contributed by atoms with Crippen LogP contribution in [0.2, 0.25) is 0 Å². The average molecular weight is 251 g/mol. The number of carbonyl (C=O) groups is 1. The second-order valence-corrected chi connectivity index (χ2v) is 3.84. The normalized spacial score (nSPS) is 10.6. The first kappa shape index (κ1) is 14.5. The van der Waals surface area contributed by atoms with Crippen LogP contribution in [0.4, 0.5) is 5.69 Å². The first-order chi connectivity index (χ1) is 8.67. The van der Waals surface area contributed by atoms with E-state index in [9.17, 15) is 4.79 Å². The standard InChI is InChI=1S/C13H21N3O2/c1-3-16(4-2)15-9-10-18-13(17)11-5-7-12(14)8-6-11/h5-8,15H,3-4,9-10,14H2,1-2H3. The molecule has 0 saturated carbocycles. The van der Waals surface area contributed by atoms with Crippen molar-refractivity contribution in [1.29, 1.82) is 0 Å². The number of nitrogens with two attached hydrogens (primary N) is 1. The lowest BCUT2D eigenvalue weighted by molar-refractivity contribution is 0.0480. The minimum atomic E-state index is -0.323. The third-order valence-electron chi connectivity index (χ3n) is 2.58. The van der Waals surface area contributed by atoms with E-state index >= 15 is 0 Å². The van der Waals surface area contributed by atoms with E-state index < -0.39 is 0 Å². The highest BCUT2D eigenvalue weighted by Gasteiger charge is 2.06. The molecule has 0 unspecified atom stereocenters. The van der Waals surface area contributed by atoms with Gasteiger partial charge in [-0.25, -0.2) is 9.80 Å². The summed E-state index contributed by atoms with van der Waals surface area (Å²) in [4.78, 5) is 11.6. The Bertz CT molecular complexity index is 361. The maximum atomic E-state index is 11.6. The van der Waals surface area contributed by atoms with Gasteiger partial charge in [0, 0.05) is 25.3 Å². The lowest BCUT2D eigenvalue weighted by Crippen LogP contribution is -2.39. The maximum absolute atomic E-state index is 11.6. The first-order valence-corrected chi connectivity index (χ1v) is 6.18. The van der Waals surface area contributed by atoms with Crippen molar-refractivity contribution < 1.29 is 9.53 Å². The quantitative estimate of drug-likeness (QED) is 0.330. The van der Waals surface area contributed by atoms with Gasteiger partial charge in [0.05, 0.1) is 5.56 Å². The van der Waals surface area contributed by atoms with Gasteiger partial charge in [-0.2, -0.15) is 0 Å². The van der Waals surface area contributed by atoms with Crippen LogP contribution in [0.25, 0.3) is 0 Å². The zero-order valence-corrected chi connectivity index (χ0v) is 11.0. The number of nitrogen functional groups attached to an aromatic ring is 1. The van der Waals surface area contributed by atoms with E-state index in [1.165, 1.54) is 0 Å². The molecule has 0 aliphatic rings. The molecule has 0 aliphatic carbocycles. The zero-order chi connectivity index (χ0) is 13.4. The molecule has 0 radical (unpaired) electrons. The molecule has 1 aromatic carbocycles. The van der Waals surface area contributed by atoms with Crippen molar-refractivity contribution in [2.75, 3.05) is 32.0 Å². The summed E-state index contributed by atoms with van der Waals surface area (Å²) in [7, 11) is 0. The Hall–Kier alpha value is -1.59. The summed E-state index contributed by atoms with van der Waals surface area (Å²) in [5.41, 5.74) is 9.87.